The van der Waals surface area contributed by atoms with E-state index < -0.39 is 95.6 Å². The summed E-state index contributed by atoms with van der Waals surface area (Å²) in [6.45, 7) is 28.3. The minimum atomic E-state index is -5.08. The number of hydrogen-bond donors (Lipinski definition) is 6. The highest BCUT2D eigenvalue weighted by Crippen LogP contribution is 2.35. The van der Waals surface area contributed by atoms with Crippen LogP contribution in [0.3, 0.4) is 0 Å². The molecule has 0 bridgehead atoms. The van der Waals surface area contributed by atoms with E-state index in [0.717, 1.165) is 43.2 Å². The van der Waals surface area contributed by atoms with Crippen molar-refractivity contribution in [2.24, 2.45) is 47.3 Å². The van der Waals surface area contributed by atoms with Crippen LogP contribution >= 0.6 is 24.4 Å². The van der Waals surface area contributed by atoms with Crippen molar-refractivity contribution in [2.75, 3.05) is 76.8 Å². The van der Waals surface area contributed by atoms with Gasteiger partial charge in [0.1, 0.15) is 12.1 Å². The number of thiocarbonyl (C=S) groups is 2. The van der Waals surface area contributed by atoms with Crippen molar-refractivity contribution < 1.29 is 90.2 Å². The van der Waals surface area contributed by atoms with Gasteiger partial charge in [0.15, 0.2) is 11.6 Å². The van der Waals surface area contributed by atoms with E-state index in [1.54, 1.807) is 66.4 Å². The molecule has 0 radical (unpaired) electrons. The van der Waals surface area contributed by atoms with Crippen LogP contribution in [-0.2, 0) is 79.7 Å². The third-order valence-electron chi connectivity index (χ3n) is 22.4. The second-order valence-corrected chi connectivity index (χ2v) is 31.9. The molecule has 16 atom stereocenters. The van der Waals surface area contributed by atoms with Crippen LogP contribution < -0.4 is 21.3 Å². The number of ether oxygens (including phenoxy) is 5. The van der Waals surface area contributed by atoms with E-state index >= 15 is 0 Å². The fourth-order valence-corrected chi connectivity index (χ4v) is 14.9. The average Bonchev–Trinajstić information content (AvgIpc) is 1.50. The van der Waals surface area contributed by atoms with Gasteiger partial charge in [0.25, 0.3) is 0 Å². The number of ketones is 2. The first kappa shape index (κ1) is 99.5. The molecule has 2 aliphatic rings. The van der Waals surface area contributed by atoms with E-state index in [1.807, 2.05) is 140 Å². The van der Waals surface area contributed by atoms with Crippen molar-refractivity contribution in [3.8, 4) is 0 Å². The van der Waals surface area contributed by atoms with Crippen LogP contribution in [0.15, 0.2) is 60.7 Å². The molecule has 29 heteroatoms. The van der Waals surface area contributed by atoms with Gasteiger partial charge in [-0.2, -0.15) is 13.2 Å². The number of methoxy groups -OCH3 is 5. The number of nitrogens with one attached hydrogen (secondary N) is 4. The molecule has 0 saturated carbocycles. The average molecular weight is 1590 g/mol. The lowest BCUT2D eigenvalue weighted by molar-refractivity contribution is -0.192. The van der Waals surface area contributed by atoms with E-state index in [9.17, 15) is 56.6 Å². The van der Waals surface area contributed by atoms with Gasteiger partial charge in [-0.25, -0.2) is 14.4 Å². The number of benzene rings is 2. The topological polar surface area (TPSA) is 301 Å². The molecular weight excluding hydrogens is 1460 g/mol. The molecule has 2 aliphatic heterocycles. The highest BCUT2D eigenvalue weighted by molar-refractivity contribution is 7.80. The molecule has 24 nitrogen and oxygen atoms in total. The number of halogens is 3. The van der Waals surface area contributed by atoms with Gasteiger partial charge in [-0.05, 0) is 102 Å². The quantitative estimate of drug-likeness (QED) is 0.0266. The van der Waals surface area contributed by atoms with E-state index in [1.165, 1.54) is 7.11 Å². The van der Waals surface area contributed by atoms with Crippen molar-refractivity contribution in [3.05, 3.63) is 71.8 Å². The number of carbonyl (C=O) groups excluding carboxylic acids is 7. The molecule has 2 saturated heterocycles. The summed E-state index contributed by atoms with van der Waals surface area (Å²) in [6.07, 6.45) is -1.54. The maximum Gasteiger partial charge on any atom is 0.490 e. The summed E-state index contributed by atoms with van der Waals surface area (Å²) >= 11 is 11.6. The van der Waals surface area contributed by atoms with Crippen LogP contribution in [0.5, 0.6) is 0 Å². The predicted molar refractivity (Wildman–Crippen MR) is 427 cm³/mol. The number of carboxylic acid groups (broad SMARTS) is 2. The van der Waals surface area contributed by atoms with Crippen molar-refractivity contribution >= 4 is 87.5 Å². The zero-order valence-corrected chi connectivity index (χ0v) is 71.0. The molecule has 4 amide bonds. The minimum absolute atomic E-state index is 0.0107. The van der Waals surface area contributed by atoms with Crippen molar-refractivity contribution in [2.45, 2.75) is 252 Å². The third-order valence-corrected chi connectivity index (χ3v) is 23.4. The number of rotatable bonds is 42. The summed E-state index contributed by atoms with van der Waals surface area (Å²) in [5.74, 6) is -6.51. The van der Waals surface area contributed by atoms with Gasteiger partial charge in [-0.3, -0.25) is 28.8 Å². The Balaban J connectivity index is 0.000000686. The third kappa shape index (κ3) is 29.1. The fraction of sp³-hybridized carbons (Fsp3) is 0.716. The Hall–Kier alpha value is -6.60. The van der Waals surface area contributed by atoms with Crippen LogP contribution in [0, 0.1) is 47.3 Å². The lowest BCUT2D eigenvalue weighted by Gasteiger charge is -2.41. The number of aliphatic carboxylic acids is 2. The Morgan fingerprint density at radius 3 is 1.15 bits per heavy atom. The number of likely N-dealkylation sites (tertiary alicyclic amines) is 2. The summed E-state index contributed by atoms with van der Waals surface area (Å²) < 4.78 is 60.9. The number of esters is 1. The van der Waals surface area contributed by atoms with Crippen molar-refractivity contribution in [1.82, 2.24) is 40.9 Å². The number of nitrogens with zero attached hydrogens (tertiary/aromatic N) is 4. The number of amides is 4. The molecule has 2 heterocycles. The molecule has 0 aromatic heterocycles. The largest absolute Gasteiger partial charge is 0.490 e. The number of Topliss-reactive ketones (excluding diaryl/α,β-unsaturated/α-hetero) is 2. The number of carboxylic acids is 2. The number of hydrogen-bond acceptors (Lipinski definition) is 18. The van der Waals surface area contributed by atoms with Crippen molar-refractivity contribution in [3.63, 3.8) is 0 Å². The van der Waals surface area contributed by atoms with E-state index in [-0.39, 0.29) is 115 Å². The van der Waals surface area contributed by atoms with Gasteiger partial charge in [0.2, 0.25) is 23.6 Å². The Bertz CT molecular complexity index is 3260. The summed E-state index contributed by atoms with van der Waals surface area (Å²) in [7, 11) is 14.7. The summed E-state index contributed by atoms with van der Waals surface area (Å²) in [4.78, 5) is 125. The van der Waals surface area contributed by atoms with Crippen LogP contribution in [0.1, 0.15) is 172 Å². The fourth-order valence-electron chi connectivity index (χ4n) is 14.4. The summed E-state index contributed by atoms with van der Waals surface area (Å²) in [5.41, 5.74) is 0.343. The summed E-state index contributed by atoms with van der Waals surface area (Å²) in [5, 5.41) is 29.5. The Kier molecular flexibility index (Phi) is 42.7. The lowest BCUT2D eigenvalue weighted by atomic mass is 9.83. The molecule has 6 N–H and O–H groups in total. The second-order valence-electron chi connectivity index (χ2n) is 31.1. The van der Waals surface area contributed by atoms with Gasteiger partial charge >= 0.3 is 24.1 Å². The zero-order chi connectivity index (χ0) is 84.0. The SMILES string of the molecule is CC[C@H](C)[C@@H]([C@@H](CC(=O)N1CCC[C@H]1[C@H](OC)[C@@H](C)C(=S)N[C@@H](Cc1ccccc1)C(=O)O)OC)N(C)C(=O)[C@@H](CC(=O)C(C)(C)NC)C(C)C.CC[C@H](C)[C@@H]([C@@H](CC(=O)N1CCC[C@H]1[C@H](OC)[C@@H](C)C(=S)N[C@@H](Cc1ccccc1)C(=O)OC)OC)N(C)C(=O)[C@@H](CC(=O)C(C)(C)NC)C(C)C.O=C(O)C(F)(F)F. The normalized spacial score (nSPS) is 18.5. The molecule has 2 aromatic rings. The molecule has 2 aromatic carbocycles. The maximum absolute atomic E-state index is 14.2. The van der Waals surface area contributed by atoms with Gasteiger partial charge < -0.3 is 74.8 Å². The van der Waals surface area contributed by atoms with Gasteiger partial charge in [-0.1, -0.05) is 167 Å². The lowest BCUT2D eigenvalue weighted by Crippen LogP contribution is -2.55. The van der Waals surface area contributed by atoms with Crippen LogP contribution in [0.4, 0.5) is 13.2 Å². The highest BCUT2D eigenvalue weighted by atomic mass is 32.1. The van der Waals surface area contributed by atoms with Crippen molar-refractivity contribution in [1.29, 1.82) is 0 Å². The maximum atomic E-state index is 14.2. The van der Waals surface area contributed by atoms with E-state index in [2.05, 4.69) is 49.0 Å². The van der Waals surface area contributed by atoms with Crippen LogP contribution in [0.25, 0.3) is 0 Å². The summed E-state index contributed by atoms with van der Waals surface area (Å²) in [6, 6.07) is 16.1. The number of carbonyl (C=O) groups is 9. The Morgan fingerprint density at radius 2 is 0.873 bits per heavy atom. The predicted octanol–water partition coefficient (Wildman–Crippen LogP) is 10.2. The molecule has 110 heavy (non-hydrogen) atoms. The Labute approximate surface area is 663 Å². The first-order valence-electron chi connectivity index (χ1n) is 38.4. The van der Waals surface area contributed by atoms with Crippen LogP contribution in [0.2, 0.25) is 0 Å². The monoisotopic (exact) mass is 1590 g/mol. The van der Waals surface area contributed by atoms with Gasteiger partial charge in [-0.15, -0.1) is 0 Å². The molecular formula is C81H131F3N8O16S2. The Morgan fingerprint density at radius 1 is 0.545 bits per heavy atom. The van der Waals surface area contributed by atoms with Gasteiger partial charge in [0.05, 0.1) is 89.6 Å². The number of likely N-dealkylation sites (N-methyl/N-ethyl adjacent to an activating group) is 4. The first-order chi connectivity index (χ1) is 51.4. The minimum Gasteiger partial charge on any atom is -0.480 e. The van der Waals surface area contributed by atoms with E-state index in [0.29, 0.717) is 35.9 Å². The molecule has 624 valence electrons. The van der Waals surface area contributed by atoms with Gasteiger partial charge in [0, 0.05) is 105 Å². The standard InChI is InChI=1S/C40H66N4O7S.C39H64N4O7S.C2HF3O2/c1-13-26(4)35(43(9)38(47)29(25(2)3)23-33(45)40(6,7)41-8)32(49-10)24-34(46)44-21-17-20-31(44)36(50-11)27(5)37(52)42-30(39(48)51-12)22-28-18-15-14-16-19-28;1-12-25(4)34(42(9)37(46)28(24(2)3)22-32(44)39(6,7)40-8)31(49-10)23-33(45)43-20-16-19-30(43)35(50-11)26(5)36(51)41-29(38(47)48)21-27-17-14-13-15-18-27;3-2(4,5)1(6)7/h14-16,18-19,25-27,29-32,35-36,41H,13,17,20-24H2,1-12H3,(H,42,52);13-15,17-18,24-26,28-31,34-35,40H,12,16,19-23H2,1-11H3,(H,41,51)(H,47,48);(H,6,7)/t26-,27+,29-,30-,31-,32+,35-,36+;25-,26+,28-,29-,30-,31+,34-,35+;/m00./s1. The molecule has 4 rings (SSSR count). The van der Waals surface area contributed by atoms with Crippen LogP contribution in [-0.4, -0.2) is 248 Å². The zero-order valence-electron chi connectivity index (χ0n) is 69.4. The molecule has 0 aliphatic carbocycles. The molecule has 2 fully saturated rings. The smallest absolute Gasteiger partial charge is 0.480 e. The molecule has 0 spiro atoms. The van der Waals surface area contributed by atoms with E-state index in [4.69, 9.17) is 58.0 Å². The number of alkyl halides is 3. The second kappa shape index (κ2) is 47.2. The first-order valence-corrected chi connectivity index (χ1v) is 39.2. The molecule has 0 unspecified atom stereocenters. The highest BCUT2D eigenvalue weighted by Gasteiger charge is 2.47.